The van der Waals surface area contributed by atoms with Gasteiger partial charge in [0.15, 0.2) is 0 Å². The number of hydrogen-bond donors (Lipinski definition) is 0. The molecule has 2 aliphatic carbocycles. The minimum Gasteiger partial charge on any atom is -0.160 e. The van der Waals surface area contributed by atoms with Crippen molar-refractivity contribution < 1.29 is 0 Å². The van der Waals surface area contributed by atoms with Crippen molar-refractivity contribution in [1.29, 1.82) is 0 Å². The lowest BCUT2D eigenvalue weighted by molar-refractivity contribution is 0.873. The molecule has 0 saturated carbocycles. The summed E-state index contributed by atoms with van der Waals surface area (Å²) >= 11 is 0. The van der Waals surface area contributed by atoms with E-state index in [1.807, 2.05) is 0 Å². The van der Waals surface area contributed by atoms with Crippen LogP contribution in [-0.2, 0) is 0 Å². The van der Waals surface area contributed by atoms with Gasteiger partial charge in [-0.2, -0.15) is 10.2 Å². The first-order valence-corrected chi connectivity index (χ1v) is 5.39. The van der Waals surface area contributed by atoms with Crippen molar-refractivity contribution in [2.45, 2.75) is 38.5 Å². The fraction of sp³-hybridized carbons (Fsp3) is 0.500. The smallest absolute Gasteiger partial charge is 0.0627 e. The van der Waals surface area contributed by atoms with E-state index in [4.69, 9.17) is 0 Å². The van der Waals surface area contributed by atoms with Crippen LogP contribution in [0.3, 0.4) is 0 Å². The molecule has 0 unspecified atom stereocenters. The van der Waals surface area contributed by atoms with Gasteiger partial charge in [0, 0.05) is 12.1 Å². The molecule has 0 N–H and O–H groups in total. The SMILES string of the molecule is C1=C/C(=N/N=C2/CC=CCC2)CCC1. The second kappa shape index (κ2) is 4.89. The van der Waals surface area contributed by atoms with E-state index in [-0.39, 0.29) is 0 Å². The first-order chi connectivity index (χ1) is 6.95. The van der Waals surface area contributed by atoms with Crippen LogP contribution in [0.25, 0.3) is 0 Å². The average molecular weight is 188 g/mol. The van der Waals surface area contributed by atoms with Gasteiger partial charge in [0.1, 0.15) is 0 Å². The third-order valence-electron chi connectivity index (χ3n) is 2.55. The van der Waals surface area contributed by atoms with Crippen LogP contribution < -0.4 is 0 Å². The summed E-state index contributed by atoms with van der Waals surface area (Å²) in [6.07, 6.45) is 15.4. The predicted molar refractivity (Wildman–Crippen MR) is 60.9 cm³/mol. The highest BCUT2D eigenvalue weighted by Gasteiger charge is 2.02. The molecule has 0 amide bonds. The normalized spacial score (nSPS) is 27.4. The molecule has 0 aromatic carbocycles. The molecular formula is C12H16N2. The van der Waals surface area contributed by atoms with Crippen LogP contribution >= 0.6 is 0 Å². The molecular weight excluding hydrogens is 172 g/mol. The van der Waals surface area contributed by atoms with E-state index in [0.29, 0.717) is 0 Å². The molecule has 0 aromatic rings. The van der Waals surface area contributed by atoms with Gasteiger partial charge in [0.2, 0.25) is 0 Å². The number of nitrogens with zero attached hydrogens (tertiary/aromatic N) is 2. The van der Waals surface area contributed by atoms with Crippen LogP contribution in [0.5, 0.6) is 0 Å². The van der Waals surface area contributed by atoms with E-state index in [1.165, 1.54) is 18.6 Å². The molecule has 0 aromatic heterocycles. The summed E-state index contributed by atoms with van der Waals surface area (Å²) in [6.45, 7) is 0. The van der Waals surface area contributed by atoms with Crippen LogP contribution in [-0.4, -0.2) is 11.4 Å². The largest absolute Gasteiger partial charge is 0.160 e. The molecule has 0 radical (unpaired) electrons. The highest BCUT2D eigenvalue weighted by molar-refractivity contribution is 5.96. The van der Waals surface area contributed by atoms with Gasteiger partial charge in [-0.25, -0.2) is 0 Å². The van der Waals surface area contributed by atoms with Crippen molar-refractivity contribution in [3.05, 3.63) is 24.3 Å². The Hall–Kier alpha value is -1.18. The van der Waals surface area contributed by atoms with E-state index >= 15 is 0 Å². The van der Waals surface area contributed by atoms with Gasteiger partial charge < -0.3 is 0 Å². The molecule has 74 valence electrons. The van der Waals surface area contributed by atoms with Gasteiger partial charge in [0.25, 0.3) is 0 Å². The summed E-state index contributed by atoms with van der Waals surface area (Å²) in [4.78, 5) is 0. The molecule has 0 bridgehead atoms. The number of rotatable bonds is 1. The van der Waals surface area contributed by atoms with Crippen LogP contribution in [0.2, 0.25) is 0 Å². The predicted octanol–water partition coefficient (Wildman–Crippen LogP) is 3.26. The van der Waals surface area contributed by atoms with E-state index in [9.17, 15) is 0 Å². The van der Waals surface area contributed by atoms with E-state index in [0.717, 1.165) is 31.4 Å². The first kappa shape index (κ1) is 9.38. The van der Waals surface area contributed by atoms with E-state index in [2.05, 4.69) is 34.5 Å². The highest BCUT2D eigenvalue weighted by Crippen LogP contribution is 2.10. The fourth-order valence-electron chi connectivity index (χ4n) is 1.70. The maximum atomic E-state index is 4.31. The number of allylic oxidation sites excluding steroid dienone is 4. The Kier molecular flexibility index (Phi) is 3.28. The van der Waals surface area contributed by atoms with Crippen molar-refractivity contribution in [3.8, 4) is 0 Å². The van der Waals surface area contributed by atoms with Gasteiger partial charge in [0.05, 0.1) is 5.71 Å². The fourth-order valence-corrected chi connectivity index (χ4v) is 1.70. The Labute approximate surface area is 85.1 Å². The molecule has 14 heavy (non-hydrogen) atoms. The Morgan fingerprint density at radius 3 is 2.64 bits per heavy atom. The third kappa shape index (κ3) is 2.66. The molecule has 0 fully saturated rings. The van der Waals surface area contributed by atoms with Crippen LogP contribution in [0.4, 0.5) is 0 Å². The van der Waals surface area contributed by atoms with Gasteiger partial charge in [-0.1, -0.05) is 18.2 Å². The molecule has 0 spiro atoms. The molecule has 2 nitrogen and oxygen atoms in total. The second-order valence-electron chi connectivity index (χ2n) is 3.77. The number of hydrogen-bond acceptors (Lipinski definition) is 2. The maximum Gasteiger partial charge on any atom is 0.0627 e. The topological polar surface area (TPSA) is 24.7 Å². The minimum absolute atomic E-state index is 0.987. The van der Waals surface area contributed by atoms with Gasteiger partial charge in [-0.05, 0) is 38.2 Å². The van der Waals surface area contributed by atoms with Crippen molar-refractivity contribution in [2.75, 3.05) is 0 Å². The summed E-state index contributed by atoms with van der Waals surface area (Å²) in [5, 5.41) is 8.60. The monoisotopic (exact) mass is 188 g/mol. The molecule has 0 atom stereocenters. The Morgan fingerprint density at radius 2 is 1.93 bits per heavy atom. The first-order valence-electron chi connectivity index (χ1n) is 5.39. The van der Waals surface area contributed by atoms with Crippen LogP contribution in [0, 0.1) is 0 Å². The summed E-state index contributed by atoms with van der Waals surface area (Å²) in [5.41, 5.74) is 2.36. The maximum absolute atomic E-state index is 4.31. The lowest BCUT2D eigenvalue weighted by Crippen LogP contribution is -2.01. The van der Waals surface area contributed by atoms with Crippen molar-refractivity contribution in [2.24, 2.45) is 10.2 Å². The highest BCUT2D eigenvalue weighted by atomic mass is 15.2. The zero-order valence-electron chi connectivity index (χ0n) is 8.45. The second-order valence-corrected chi connectivity index (χ2v) is 3.77. The summed E-state index contributed by atoms with van der Waals surface area (Å²) in [7, 11) is 0. The van der Waals surface area contributed by atoms with E-state index in [1.54, 1.807) is 0 Å². The van der Waals surface area contributed by atoms with E-state index < -0.39 is 0 Å². The van der Waals surface area contributed by atoms with Crippen molar-refractivity contribution >= 4 is 11.4 Å². The Balaban J connectivity index is 1.99. The molecule has 0 aliphatic heterocycles. The van der Waals surface area contributed by atoms with Gasteiger partial charge in [-0.15, -0.1) is 0 Å². The Morgan fingerprint density at radius 1 is 0.929 bits per heavy atom. The van der Waals surface area contributed by atoms with Gasteiger partial charge >= 0.3 is 0 Å². The summed E-state index contributed by atoms with van der Waals surface area (Å²) < 4.78 is 0. The lowest BCUT2D eigenvalue weighted by Gasteiger charge is -2.06. The Bertz CT molecular complexity index is 308. The van der Waals surface area contributed by atoms with Crippen LogP contribution in [0.15, 0.2) is 34.5 Å². The third-order valence-corrected chi connectivity index (χ3v) is 2.55. The standard InChI is InChI=1S/C12H16N2/c1-3-7-11(8-4-1)13-14-12-9-5-2-6-10-12/h1,3,5,9H,2,4,6-8,10H2/b13-11-,14-12-. The zero-order valence-corrected chi connectivity index (χ0v) is 8.45. The quantitative estimate of drug-likeness (QED) is 0.445. The lowest BCUT2D eigenvalue weighted by atomic mass is 10.1. The van der Waals surface area contributed by atoms with Crippen LogP contribution in [0.1, 0.15) is 38.5 Å². The van der Waals surface area contributed by atoms with Crippen molar-refractivity contribution in [3.63, 3.8) is 0 Å². The molecule has 2 rings (SSSR count). The molecule has 0 heterocycles. The minimum atomic E-state index is 0.987. The molecule has 2 heteroatoms. The van der Waals surface area contributed by atoms with Gasteiger partial charge in [-0.3, -0.25) is 0 Å². The summed E-state index contributed by atoms with van der Waals surface area (Å²) in [5.74, 6) is 0. The zero-order chi connectivity index (χ0) is 9.64. The van der Waals surface area contributed by atoms with Crippen molar-refractivity contribution in [1.82, 2.24) is 0 Å². The molecule has 2 aliphatic rings. The summed E-state index contributed by atoms with van der Waals surface area (Å²) in [6, 6.07) is 0. The molecule has 0 saturated heterocycles. The average Bonchev–Trinajstić information content (AvgIpc) is 2.29.